The van der Waals surface area contributed by atoms with Crippen molar-refractivity contribution in [1.29, 1.82) is 0 Å². The van der Waals surface area contributed by atoms with Crippen molar-refractivity contribution in [2.75, 3.05) is 19.7 Å². The van der Waals surface area contributed by atoms with Crippen LogP contribution in [0.1, 0.15) is 33.1 Å². The standard InChI is InChI=1S/C11H23N3O/c1-9(2)7-13-11(12)14-8-10-5-3-4-6-15-10/h9-10H,3-8H2,1-2H3,(H3,12,13,14). The van der Waals surface area contributed by atoms with Crippen LogP contribution >= 0.6 is 0 Å². The van der Waals surface area contributed by atoms with Gasteiger partial charge in [0.15, 0.2) is 5.96 Å². The van der Waals surface area contributed by atoms with Gasteiger partial charge in [0.05, 0.1) is 6.10 Å². The molecule has 0 amide bonds. The Balaban J connectivity index is 2.14. The first-order valence-electron chi connectivity index (χ1n) is 5.84. The number of nitrogens with zero attached hydrogens (tertiary/aromatic N) is 1. The van der Waals surface area contributed by atoms with Crippen LogP contribution in [0.15, 0.2) is 4.99 Å². The smallest absolute Gasteiger partial charge is 0.188 e. The van der Waals surface area contributed by atoms with Gasteiger partial charge in [-0.25, -0.2) is 0 Å². The van der Waals surface area contributed by atoms with E-state index in [0.717, 1.165) is 26.1 Å². The van der Waals surface area contributed by atoms with E-state index >= 15 is 0 Å². The summed E-state index contributed by atoms with van der Waals surface area (Å²) in [6.07, 6.45) is 3.89. The van der Waals surface area contributed by atoms with Gasteiger partial charge in [-0.2, -0.15) is 0 Å². The van der Waals surface area contributed by atoms with Gasteiger partial charge in [0.25, 0.3) is 0 Å². The highest BCUT2D eigenvalue weighted by Crippen LogP contribution is 2.11. The van der Waals surface area contributed by atoms with E-state index in [1.807, 2.05) is 0 Å². The second-order valence-corrected chi connectivity index (χ2v) is 4.49. The predicted molar refractivity (Wildman–Crippen MR) is 62.9 cm³/mol. The van der Waals surface area contributed by atoms with Crippen LogP contribution < -0.4 is 11.1 Å². The van der Waals surface area contributed by atoms with Crippen molar-refractivity contribution in [3.63, 3.8) is 0 Å². The van der Waals surface area contributed by atoms with E-state index in [1.165, 1.54) is 12.8 Å². The van der Waals surface area contributed by atoms with Crippen LogP contribution in [0, 0.1) is 5.92 Å². The number of ether oxygens (including phenoxy) is 1. The zero-order valence-electron chi connectivity index (χ0n) is 9.83. The number of guanidine groups is 1. The zero-order valence-corrected chi connectivity index (χ0v) is 9.83. The van der Waals surface area contributed by atoms with Crippen molar-refractivity contribution >= 4 is 5.96 Å². The van der Waals surface area contributed by atoms with E-state index in [0.29, 0.717) is 18.0 Å². The molecule has 0 aliphatic carbocycles. The van der Waals surface area contributed by atoms with E-state index in [9.17, 15) is 0 Å². The third-order valence-corrected chi connectivity index (χ3v) is 2.41. The van der Waals surface area contributed by atoms with Gasteiger partial charge in [-0.3, -0.25) is 4.99 Å². The molecule has 1 atom stereocenters. The molecule has 0 bridgehead atoms. The van der Waals surface area contributed by atoms with Crippen LogP contribution in [0.25, 0.3) is 0 Å². The molecule has 0 aromatic rings. The Morgan fingerprint density at radius 1 is 1.53 bits per heavy atom. The summed E-state index contributed by atoms with van der Waals surface area (Å²) in [5, 5.41) is 3.11. The van der Waals surface area contributed by atoms with Crippen LogP contribution in [-0.2, 0) is 4.74 Å². The van der Waals surface area contributed by atoms with Gasteiger partial charge in [0, 0.05) is 19.7 Å². The number of hydrogen-bond acceptors (Lipinski definition) is 2. The molecule has 4 heteroatoms. The Morgan fingerprint density at radius 2 is 2.33 bits per heavy atom. The zero-order chi connectivity index (χ0) is 11.1. The molecule has 3 N–H and O–H groups in total. The van der Waals surface area contributed by atoms with Crippen LogP contribution in [0.4, 0.5) is 0 Å². The Labute approximate surface area is 92.3 Å². The van der Waals surface area contributed by atoms with Crippen LogP contribution in [0.3, 0.4) is 0 Å². The maximum atomic E-state index is 5.72. The second-order valence-electron chi connectivity index (χ2n) is 4.49. The fourth-order valence-electron chi connectivity index (χ4n) is 1.52. The van der Waals surface area contributed by atoms with Crippen molar-refractivity contribution in [3.05, 3.63) is 0 Å². The van der Waals surface area contributed by atoms with Crippen LogP contribution in [0.5, 0.6) is 0 Å². The first kappa shape index (κ1) is 12.3. The highest BCUT2D eigenvalue weighted by atomic mass is 16.5. The molecular formula is C11H23N3O. The quantitative estimate of drug-likeness (QED) is 0.543. The molecule has 1 fully saturated rings. The predicted octanol–water partition coefficient (Wildman–Crippen LogP) is 1.12. The summed E-state index contributed by atoms with van der Waals surface area (Å²) < 4.78 is 5.58. The molecule has 1 heterocycles. The number of nitrogens with two attached hydrogens (primary N) is 1. The Morgan fingerprint density at radius 3 is 2.93 bits per heavy atom. The molecule has 15 heavy (non-hydrogen) atoms. The number of nitrogens with one attached hydrogen (secondary N) is 1. The molecule has 1 rings (SSSR count). The summed E-state index contributed by atoms with van der Waals surface area (Å²) in [6.45, 7) is 6.70. The van der Waals surface area contributed by atoms with Gasteiger partial charge in [-0.15, -0.1) is 0 Å². The van der Waals surface area contributed by atoms with Crippen molar-refractivity contribution in [2.45, 2.75) is 39.2 Å². The van der Waals surface area contributed by atoms with Crippen molar-refractivity contribution in [2.24, 2.45) is 16.6 Å². The topological polar surface area (TPSA) is 59.6 Å². The largest absolute Gasteiger partial charge is 0.376 e. The van der Waals surface area contributed by atoms with Gasteiger partial charge in [-0.1, -0.05) is 13.8 Å². The van der Waals surface area contributed by atoms with Crippen molar-refractivity contribution in [1.82, 2.24) is 5.32 Å². The summed E-state index contributed by atoms with van der Waals surface area (Å²) in [7, 11) is 0. The minimum atomic E-state index is 0.312. The lowest BCUT2D eigenvalue weighted by Crippen LogP contribution is -2.39. The molecule has 1 aliphatic rings. The maximum absolute atomic E-state index is 5.72. The van der Waals surface area contributed by atoms with E-state index in [1.54, 1.807) is 0 Å². The molecule has 1 unspecified atom stereocenters. The van der Waals surface area contributed by atoms with Gasteiger partial charge < -0.3 is 15.8 Å². The first-order chi connectivity index (χ1) is 7.18. The molecule has 0 radical (unpaired) electrons. The maximum Gasteiger partial charge on any atom is 0.188 e. The normalized spacial score (nSPS) is 23.1. The molecule has 1 aliphatic heterocycles. The summed E-state index contributed by atoms with van der Waals surface area (Å²) >= 11 is 0. The SMILES string of the molecule is CC(C)CN=C(N)NCC1CCCCO1. The molecule has 1 saturated heterocycles. The van der Waals surface area contributed by atoms with Gasteiger partial charge in [0.1, 0.15) is 0 Å². The Hall–Kier alpha value is -0.770. The number of hydrogen-bond donors (Lipinski definition) is 2. The monoisotopic (exact) mass is 213 g/mol. The minimum absolute atomic E-state index is 0.312. The molecule has 0 aromatic heterocycles. The van der Waals surface area contributed by atoms with E-state index in [2.05, 4.69) is 24.2 Å². The number of rotatable bonds is 4. The average molecular weight is 213 g/mol. The lowest BCUT2D eigenvalue weighted by atomic mass is 10.1. The lowest BCUT2D eigenvalue weighted by Gasteiger charge is -2.22. The van der Waals surface area contributed by atoms with Gasteiger partial charge in [-0.05, 0) is 25.2 Å². The van der Waals surface area contributed by atoms with Gasteiger partial charge in [0.2, 0.25) is 0 Å². The van der Waals surface area contributed by atoms with Crippen molar-refractivity contribution < 1.29 is 4.74 Å². The highest BCUT2D eigenvalue weighted by Gasteiger charge is 2.13. The second kappa shape index (κ2) is 6.67. The van der Waals surface area contributed by atoms with Crippen LogP contribution in [0.2, 0.25) is 0 Å². The third-order valence-electron chi connectivity index (χ3n) is 2.41. The summed E-state index contributed by atoms with van der Waals surface area (Å²) in [4.78, 5) is 4.24. The van der Waals surface area contributed by atoms with E-state index in [-0.39, 0.29) is 0 Å². The highest BCUT2D eigenvalue weighted by molar-refractivity contribution is 5.77. The van der Waals surface area contributed by atoms with Gasteiger partial charge >= 0.3 is 0 Å². The summed E-state index contributed by atoms with van der Waals surface area (Å²) in [5.74, 6) is 1.09. The van der Waals surface area contributed by atoms with Crippen molar-refractivity contribution in [3.8, 4) is 0 Å². The molecule has 0 aromatic carbocycles. The first-order valence-corrected chi connectivity index (χ1v) is 5.84. The molecular weight excluding hydrogens is 190 g/mol. The minimum Gasteiger partial charge on any atom is -0.376 e. The van der Waals surface area contributed by atoms with Crippen LogP contribution in [-0.4, -0.2) is 31.8 Å². The molecule has 88 valence electrons. The van der Waals surface area contributed by atoms with E-state index in [4.69, 9.17) is 10.5 Å². The summed E-state index contributed by atoms with van der Waals surface area (Å²) in [5.41, 5.74) is 5.72. The molecule has 0 spiro atoms. The lowest BCUT2D eigenvalue weighted by molar-refractivity contribution is 0.0195. The fraction of sp³-hybridized carbons (Fsp3) is 0.909. The molecule has 4 nitrogen and oxygen atoms in total. The Bertz CT molecular complexity index is 198. The fourth-order valence-corrected chi connectivity index (χ4v) is 1.52. The summed E-state index contributed by atoms with van der Waals surface area (Å²) in [6, 6.07) is 0. The average Bonchev–Trinajstić information content (AvgIpc) is 2.25. The Kier molecular flexibility index (Phi) is 5.47. The van der Waals surface area contributed by atoms with E-state index < -0.39 is 0 Å². The number of aliphatic imine (C=N–C) groups is 1. The third kappa shape index (κ3) is 5.62. The molecule has 0 saturated carbocycles.